The van der Waals surface area contributed by atoms with Crippen LogP contribution in [-0.4, -0.2) is 11.7 Å². The summed E-state index contributed by atoms with van der Waals surface area (Å²) in [5, 5.41) is 6.62. The smallest absolute Gasteiger partial charge is 0.167 e. The van der Waals surface area contributed by atoms with Crippen molar-refractivity contribution in [2.24, 2.45) is 0 Å². The molecule has 0 fully saturated rings. The first-order chi connectivity index (χ1) is 4.83. The van der Waals surface area contributed by atoms with Gasteiger partial charge in [-0.3, -0.25) is 0 Å². The molecule has 0 aliphatic rings. The maximum atomic E-state index is 5.32. The SMILES string of the molecule is CCNCc1cc(N)no1. The molecule has 1 heterocycles. The summed E-state index contributed by atoms with van der Waals surface area (Å²) in [6, 6.07) is 1.71. The third-order valence-electron chi connectivity index (χ3n) is 1.13. The molecule has 0 unspecified atom stereocenters. The van der Waals surface area contributed by atoms with E-state index >= 15 is 0 Å². The van der Waals surface area contributed by atoms with Crippen LogP contribution < -0.4 is 11.1 Å². The maximum absolute atomic E-state index is 5.32. The van der Waals surface area contributed by atoms with Crippen molar-refractivity contribution in [3.05, 3.63) is 11.8 Å². The summed E-state index contributed by atoms with van der Waals surface area (Å²) in [5.41, 5.74) is 5.32. The summed E-state index contributed by atoms with van der Waals surface area (Å²) < 4.78 is 4.83. The zero-order chi connectivity index (χ0) is 7.40. The van der Waals surface area contributed by atoms with Crippen LogP contribution in [0, 0.1) is 0 Å². The minimum Gasteiger partial charge on any atom is -0.381 e. The lowest BCUT2D eigenvalue weighted by atomic mass is 10.4. The van der Waals surface area contributed by atoms with Crippen molar-refractivity contribution in [2.45, 2.75) is 13.5 Å². The molecule has 0 aromatic carbocycles. The Balaban J connectivity index is 2.42. The van der Waals surface area contributed by atoms with Crippen LogP contribution in [0.2, 0.25) is 0 Å². The Kier molecular flexibility index (Phi) is 2.28. The van der Waals surface area contributed by atoms with E-state index in [1.807, 2.05) is 6.92 Å². The molecule has 10 heavy (non-hydrogen) atoms. The highest BCUT2D eigenvalue weighted by atomic mass is 16.5. The third kappa shape index (κ3) is 1.73. The van der Waals surface area contributed by atoms with Crippen molar-refractivity contribution in [3.63, 3.8) is 0 Å². The summed E-state index contributed by atoms with van der Waals surface area (Å²) in [4.78, 5) is 0. The van der Waals surface area contributed by atoms with Crippen LogP contribution in [0.1, 0.15) is 12.7 Å². The first-order valence-electron chi connectivity index (χ1n) is 3.24. The van der Waals surface area contributed by atoms with Crippen LogP contribution in [-0.2, 0) is 6.54 Å². The molecule has 0 atom stereocenters. The van der Waals surface area contributed by atoms with Gasteiger partial charge >= 0.3 is 0 Å². The molecule has 0 aliphatic heterocycles. The molecule has 0 amide bonds. The lowest BCUT2D eigenvalue weighted by molar-refractivity contribution is 0.377. The number of hydrogen-bond donors (Lipinski definition) is 2. The zero-order valence-electron chi connectivity index (χ0n) is 5.92. The highest BCUT2D eigenvalue weighted by Gasteiger charge is 1.97. The van der Waals surface area contributed by atoms with Crippen molar-refractivity contribution < 1.29 is 4.52 Å². The summed E-state index contributed by atoms with van der Waals surface area (Å²) in [6.07, 6.45) is 0. The standard InChI is InChI=1S/C6H11N3O/c1-2-8-4-5-3-6(7)9-10-5/h3,8H,2,4H2,1H3,(H2,7,9). The van der Waals surface area contributed by atoms with Crippen LogP contribution in [0.3, 0.4) is 0 Å². The molecule has 0 aliphatic carbocycles. The fourth-order valence-corrected chi connectivity index (χ4v) is 0.660. The average molecular weight is 141 g/mol. The molecule has 56 valence electrons. The highest BCUT2D eigenvalue weighted by molar-refractivity contribution is 5.26. The molecule has 0 spiro atoms. The molecule has 3 N–H and O–H groups in total. The maximum Gasteiger partial charge on any atom is 0.167 e. The number of nitrogens with zero attached hydrogens (tertiary/aromatic N) is 1. The van der Waals surface area contributed by atoms with Gasteiger partial charge in [-0.05, 0) is 6.54 Å². The van der Waals surface area contributed by atoms with Gasteiger partial charge in [-0.2, -0.15) is 0 Å². The predicted molar refractivity (Wildman–Crippen MR) is 38.3 cm³/mol. The summed E-state index contributed by atoms with van der Waals surface area (Å²) >= 11 is 0. The van der Waals surface area contributed by atoms with E-state index in [1.165, 1.54) is 0 Å². The number of nitrogens with two attached hydrogens (primary N) is 1. The van der Waals surface area contributed by atoms with Crippen LogP contribution >= 0.6 is 0 Å². The Bertz CT molecular complexity index is 197. The predicted octanol–water partition coefficient (Wildman–Crippen LogP) is 0.366. The van der Waals surface area contributed by atoms with Gasteiger partial charge in [0.25, 0.3) is 0 Å². The highest BCUT2D eigenvalue weighted by Crippen LogP contribution is 2.02. The number of rotatable bonds is 3. The van der Waals surface area contributed by atoms with Crippen molar-refractivity contribution in [1.29, 1.82) is 0 Å². The second-order valence-electron chi connectivity index (χ2n) is 2.00. The minimum absolute atomic E-state index is 0.438. The lowest BCUT2D eigenvalue weighted by Gasteiger charge is -1.92. The first-order valence-corrected chi connectivity index (χ1v) is 3.24. The van der Waals surface area contributed by atoms with Gasteiger partial charge in [0.05, 0.1) is 6.54 Å². The Hall–Kier alpha value is -1.03. The number of aromatic nitrogens is 1. The molecular formula is C6H11N3O. The van der Waals surface area contributed by atoms with Crippen LogP contribution in [0.25, 0.3) is 0 Å². The van der Waals surface area contributed by atoms with Gasteiger partial charge in [-0.25, -0.2) is 0 Å². The second-order valence-corrected chi connectivity index (χ2v) is 2.00. The second kappa shape index (κ2) is 3.22. The summed E-state index contributed by atoms with van der Waals surface area (Å²) in [6.45, 7) is 3.64. The summed E-state index contributed by atoms with van der Waals surface area (Å²) in [5.74, 6) is 1.22. The molecule has 1 aromatic rings. The van der Waals surface area contributed by atoms with E-state index in [1.54, 1.807) is 6.07 Å². The summed E-state index contributed by atoms with van der Waals surface area (Å²) in [7, 11) is 0. The van der Waals surface area contributed by atoms with Gasteiger partial charge in [0.2, 0.25) is 0 Å². The molecule has 0 saturated heterocycles. The molecule has 0 radical (unpaired) electrons. The van der Waals surface area contributed by atoms with Crippen LogP contribution in [0.5, 0.6) is 0 Å². The molecule has 1 rings (SSSR count). The van der Waals surface area contributed by atoms with E-state index in [9.17, 15) is 0 Å². The van der Waals surface area contributed by atoms with E-state index in [0.29, 0.717) is 12.4 Å². The molecule has 4 heteroatoms. The van der Waals surface area contributed by atoms with Crippen molar-refractivity contribution in [2.75, 3.05) is 12.3 Å². The molecule has 0 saturated carbocycles. The normalized spacial score (nSPS) is 10.1. The van der Waals surface area contributed by atoms with E-state index < -0.39 is 0 Å². The average Bonchev–Trinajstić information content (AvgIpc) is 2.31. The fraction of sp³-hybridized carbons (Fsp3) is 0.500. The molecule has 0 bridgehead atoms. The minimum atomic E-state index is 0.438. The van der Waals surface area contributed by atoms with E-state index in [2.05, 4.69) is 10.5 Å². The van der Waals surface area contributed by atoms with E-state index in [4.69, 9.17) is 10.3 Å². The van der Waals surface area contributed by atoms with Gasteiger partial charge in [-0.1, -0.05) is 12.1 Å². The van der Waals surface area contributed by atoms with Crippen molar-refractivity contribution in [1.82, 2.24) is 10.5 Å². The number of nitrogens with one attached hydrogen (secondary N) is 1. The fourth-order valence-electron chi connectivity index (χ4n) is 0.660. The van der Waals surface area contributed by atoms with E-state index in [0.717, 1.165) is 12.3 Å². The van der Waals surface area contributed by atoms with Crippen molar-refractivity contribution >= 4 is 5.82 Å². The number of anilines is 1. The molecular weight excluding hydrogens is 130 g/mol. The number of nitrogen functional groups attached to an aromatic ring is 1. The van der Waals surface area contributed by atoms with E-state index in [-0.39, 0.29) is 0 Å². The van der Waals surface area contributed by atoms with Gasteiger partial charge in [0.15, 0.2) is 11.6 Å². The Morgan fingerprint density at radius 3 is 3.10 bits per heavy atom. The lowest BCUT2D eigenvalue weighted by Crippen LogP contribution is -2.10. The van der Waals surface area contributed by atoms with Crippen LogP contribution in [0.4, 0.5) is 5.82 Å². The van der Waals surface area contributed by atoms with Gasteiger partial charge in [-0.15, -0.1) is 0 Å². The van der Waals surface area contributed by atoms with Gasteiger partial charge in [0, 0.05) is 6.07 Å². The quantitative estimate of drug-likeness (QED) is 0.638. The Morgan fingerprint density at radius 2 is 2.60 bits per heavy atom. The monoisotopic (exact) mass is 141 g/mol. The third-order valence-corrected chi connectivity index (χ3v) is 1.13. The molecule has 1 aromatic heterocycles. The van der Waals surface area contributed by atoms with Crippen LogP contribution in [0.15, 0.2) is 10.6 Å². The number of hydrogen-bond acceptors (Lipinski definition) is 4. The molecule has 4 nitrogen and oxygen atoms in total. The Morgan fingerprint density at radius 1 is 1.80 bits per heavy atom. The van der Waals surface area contributed by atoms with Crippen molar-refractivity contribution in [3.8, 4) is 0 Å². The Labute approximate surface area is 59.4 Å². The first kappa shape index (κ1) is 7.08. The van der Waals surface area contributed by atoms with Gasteiger partial charge < -0.3 is 15.6 Å². The zero-order valence-corrected chi connectivity index (χ0v) is 5.92. The largest absolute Gasteiger partial charge is 0.381 e. The van der Waals surface area contributed by atoms with Gasteiger partial charge in [0.1, 0.15) is 0 Å². The topological polar surface area (TPSA) is 64.1 Å².